The van der Waals surface area contributed by atoms with Crippen LogP contribution in [-0.4, -0.2) is 28.1 Å². The molecule has 33 heavy (non-hydrogen) atoms. The molecule has 0 aliphatic carbocycles. The Kier molecular flexibility index (Phi) is 6.71. The van der Waals surface area contributed by atoms with Gasteiger partial charge in [0.2, 0.25) is 5.95 Å². The van der Waals surface area contributed by atoms with Gasteiger partial charge in [-0.1, -0.05) is 29.8 Å². The number of ether oxygens (including phenoxy) is 1. The molecule has 0 radical (unpaired) electrons. The molecule has 0 aliphatic heterocycles. The number of phenolic OH excluding ortho intramolecular Hbond substituents is 1. The number of hydrogen-bond acceptors (Lipinski definition) is 6. The van der Waals surface area contributed by atoms with Crippen molar-refractivity contribution < 1.29 is 14.6 Å². The van der Waals surface area contributed by atoms with Crippen molar-refractivity contribution >= 4 is 29.1 Å². The largest absolute Gasteiger partial charge is 0.504 e. The van der Waals surface area contributed by atoms with E-state index in [4.69, 9.17) is 16.3 Å². The maximum absolute atomic E-state index is 12.5. The van der Waals surface area contributed by atoms with E-state index in [0.717, 1.165) is 22.5 Å². The van der Waals surface area contributed by atoms with Gasteiger partial charge in [-0.05, 0) is 60.2 Å². The Morgan fingerprint density at radius 2 is 1.79 bits per heavy atom. The second-order valence-electron chi connectivity index (χ2n) is 7.16. The Labute approximate surface area is 196 Å². The molecule has 4 rings (SSSR count). The van der Waals surface area contributed by atoms with Crippen LogP contribution in [-0.2, 0) is 6.54 Å². The number of halogens is 1. The van der Waals surface area contributed by atoms with E-state index in [1.807, 2.05) is 30.3 Å². The fraction of sp³-hybridized carbons (Fsp3) is 0.0800. The van der Waals surface area contributed by atoms with Crippen molar-refractivity contribution in [2.45, 2.75) is 6.54 Å². The predicted octanol–water partition coefficient (Wildman–Crippen LogP) is 5.18. The van der Waals surface area contributed by atoms with E-state index < -0.39 is 0 Å². The van der Waals surface area contributed by atoms with Crippen molar-refractivity contribution in [1.29, 1.82) is 0 Å². The van der Waals surface area contributed by atoms with Gasteiger partial charge >= 0.3 is 0 Å². The summed E-state index contributed by atoms with van der Waals surface area (Å²) in [5.41, 5.74) is 3.79. The van der Waals surface area contributed by atoms with Crippen LogP contribution in [0.15, 0.2) is 79.0 Å². The highest BCUT2D eigenvalue weighted by atomic mass is 35.5. The molecule has 0 spiro atoms. The van der Waals surface area contributed by atoms with Gasteiger partial charge in [-0.15, -0.1) is 0 Å². The number of carbonyl (C=O) groups is 1. The molecule has 1 aromatic heterocycles. The summed E-state index contributed by atoms with van der Waals surface area (Å²) in [6.07, 6.45) is 1.68. The molecule has 3 N–H and O–H groups in total. The number of rotatable bonds is 7. The van der Waals surface area contributed by atoms with Crippen LogP contribution in [0.25, 0.3) is 11.3 Å². The Morgan fingerprint density at radius 3 is 2.52 bits per heavy atom. The standard InChI is InChI=1S/C25H21ClN4O3/c1-33-23-14-16(2-11-22(23)31)15-28-24(32)18-5-9-20(10-6-18)29-25-27-13-12-21(30-25)17-3-7-19(26)8-4-17/h2-14,31H,15H2,1H3,(H,28,32)(H,27,29,30). The molecule has 166 valence electrons. The van der Waals surface area contributed by atoms with E-state index in [-0.39, 0.29) is 11.7 Å². The molecule has 8 heteroatoms. The number of amides is 1. The highest BCUT2D eigenvalue weighted by molar-refractivity contribution is 6.30. The number of nitrogens with one attached hydrogen (secondary N) is 2. The van der Waals surface area contributed by atoms with E-state index in [0.29, 0.717) is 28.8 Å². The van der Waals surface area contributed by atoms with Gasteiger partial charge in [0.05, 0.1) is 12.8 Å². The highest BCUT2D eigenvalue weighted by Crippen LogP contribution is 2.26. The van der Waals surface area contributed by atoms with E-state index in [9.17, 15) is 9.90 Å². The van der Waals surface area contributed by atoms with Crippen LogP contribution < -0.4 is 15.4 Å². The van der Waals surface area contributed by atoms with Gasteiger partial charge in [0.1, 0.15) is 0 Å². The molecular formula is C25H21ClN4O3. The van der Waals surface area contributed by atoms with Crippen molar-refractivity contribution in [2.75, 3.05) is 12.4 Å². The van der Waals surface area contributed by atoms with E-state index in [1.54, 1.807) is 42.6 Å². The minimum absolute atomic E-state index is 0.0540. The first kappa shape index (κ1) is 22.1. The van der Waals surface area contributed by atoms with Crippen molar-refractivity contribution in [3.05, 3.63) is 95.1 Å². The number of hydrogen-bond donors (Lipinski definition) is 3. The molecule has 1 heterocycles. The molecule has 0 unspecified atom stereocenters. The van der Waals surface area contributed by atoms with Gasteiger partial charge in [-0.25, -0.2) is 9.97 Å². The lowest BCUT2D eigenvalue weighted by Gasteiger charge is -2.10. The second-order valence-corrected chi connectivity index (χ2v) is 7.60. The third-order valence-corrected chi connectivity index (χ3v) is 5.15. The number of phenols is 1. The van der Waals surface area contributed by atoms with Crippen LogP contribution >= 0.6 is 11.6 Å². The molecule has 4 aromatic rings. The van der Waals surface area contributed by atoms with Gasteiger partial charge in [0.25, 0.3) is 5.91 Å². The first-order valence-corrected chi connectivity index (χ1v) is 10.5. The fourth-order valence-electron chi connectivity index (χ4n) is 3.15. The summed E-state index contributed by atoms with van der Waals surface area (Å²) in [6, 6.07) is 21.2. The summed E-state index contributed by atoms with van der Waals surface area (Å²) in [5, 5.41) is 16.3. The van der Waals surface area contributed by atoms with E-state index >= 15 is 0 Å². The second kappa shape index (κ2) is 10.0. The first-order valence-electron chi connectivity index (χ1n) is 10.1. The fourth-order valence-corrected chi connectivity index (χ4v) is 3.28. The molecule has 0 aliphatic rings. The molecule has 0 saturated heterocycles. The maximum atomic E-state index is 12.5. The Balaban J connectivity index is 1.38. The van der Waals surface area contributed by atoms with Crippen LogP contribution in [0.5, 0.6) is 11.5 Å². The quantitative estimate of drug-likeness (QED) is 0.351. The topological polar surface area (TPSA) is 96.4 Å². The summed E-state index contributed by atoms with van der Waals surface area (Å²) in [7, 11) is 1.48. The molecular weight excluding hydrogens is 440 g/mol. The predicted molar refractivity (Wildman–Crippen MR) is 128 cm³/mol. The van der Waals surface area contributed by atoms with Crippen molar-refractivity contribution in [1.82, 2.24) is 15.3 Å². The van der Waals surface area contributed by atoms with Crippen molar-refractivity contribution in [3.63, 3.8) is 0 Å². The molecule has 0 bridgehead atoms. The normalized spacial score (nSPS) is 10.5. The number of carbonyl (C=O) groups excluding carboxylic acids is 1. The maximum Gasteiger partial charge on any atom is 0.251 e. The van der Waals surface area contributed by atoms with Crippen LogP contribution in [0.3, 0.4) is 0 Å². The molecule has 1 amide bonds. The summed E-state index contributed by atoms with van der Waals surface area (Å²) >= 11 is 5.95. The van der Waals surface area contributed by atoms with E-state index in [1.165, 1.54) is 13.2 Å². The Bertz CT molecular complexity index is 1260. The van der Waals surface area contributed by atoms with Crippen molar-refractivity contribution in [2.24, 2.45) is 0 Å². The molecule has 0 saturated carbocycles. The number of methoxy groups -OCH3 is 1. The molecule has 0 atom stereocenters. The lowest BCUT2D eigenvalue weighted by atomic mass is 10.1. The summed E-state index contributed by atoms with van der Waals surface area (Å²) < 4.78 is 5.09. The van der Waals surface area contributed by atoms with Gasteiger partial charge in [-0.3, -0.25) is 4.79 Å². The Morgan fingerprint density at radius 1 is 1.03 bits per heavy atom. The third-order valence-electron chi connectivity index (χ3n) is 4.90. The average molecular weight is 461 g/mol. The molecule has 0 fully saturated rings. The van der Waals surface area contributed by atoms with Gasteiger partial charge in [0, 0.05) is 34.6 Å². The summed E-state index contributed by atoms with van der Waals surface area (Å²) in [4.78, 5) is 21.3. The monoisotopic (exact) mass is 460 g/mol. The van der Waals surface area contributed by atoms with Crippen LogP contribution in [0.2, 0.25) is 5.02 Å². The minimum atomic E-state index is -0.213. The van der Waals surface area contributed by atoms with Crippen LogP contribution in [0.4, 0.5) is 11.6 Å². The highest BCUT2D eigenvalue weighted by Gasteiger charge is 2.08. The number of anilines is 2. The van der Waals surface area contributed by atoms with E-state index in [2.05, 4.69) is 20.6 Å². The number of aromatic hydroxyl groups is 1. The molecule has 3 aromatic carbocycles. The van der Waals surface area contributed by atoms with Gasteiger partial charge < -0.3 is 20.5 Å². The SMILES string of the molecule is COc1cc(CNC(=O)c2ccc(Nc3nccc(-c4ccc(Cl)cc4)n3)cc2)ccc1O. The minimum Gasteiger partial charge on any atom is -0.504 e. The summed E-state index contributed by atoms with van der Waals surface area (Å²) in [6.45, 7) is 0.306. The smallest absolute Gasteiger partial charge is 0.251 e. The zero-order chi connectivity index (χ0) is 23.2. The van der Waals surface area contributed by atoms with Gasteiger partial charge in [0.15, 0.2) is 11.5 Å². The zero-order valence-corrected chi connectivity index (χ0v) is 18.5. The zero-order valence-electron chi connectivity index (χ0n) is 17.7. The lowest BCUT2D eigenvalue weighted by molar-refractivity contribution is 0.0951. The average Bonchev–Trinajstić information content (AvgIpc) is 2.84. The van der Waals surface area contributed by atoms with Crippen LogP contribution in [0, 0.1) is 0 Å². The number of nitrogens with zero attached hydrogens (tertiary/aromatic N) is 2. The van der Waals surface area contributed by atoms with Gasteiger partial charge in [-0.2, -0.15) is 0 Å². The van der Waals surface area contributed by atoms with Crippen LogP contribution in [0.1, 0.15) is 15.9 Å². The third kappa shape index (κ3) is 5.58. The summed E-state index contributed by atoms with van der Waals surface area (Å²) in [5.74, 6) is 0.647. The van der Waals surface area contributed by atoms with Crippen molar-refractivity contribution in [3.8, 4) is 22.8 Å². The lowest BCUT2D eigenvalue weighted by Crippen LogP contribution is -2.22. The number of benzene rings is 3. The Hall–Kier alpha value is -4.10. The first-order chi connectivity index (χ1) is 16.0. The molecule has 7 nitrogen and oxygen atoms in total. The number of aromatic nitrogens is 2.